The van der Waals surface area contributed by atoms with E-state index in [0.29, 0.717) is 11.7 Å². The molecule has 1 heterocycles. The van der Waals surface area contributed by atoms with E-state index < -0.39 is 0 Å². The van der Waals surface area contributed by atoms with Gasteiger partial charge >= 0.3 is 0 Å². The fourth-order valence-corrected chi connectivity index (χ4v) is 2.06. The lowest BCUT2D eigenvalue weighted by molar-refractivity contribution is 0.432. The molecule has 0 unspecified atom stereocenters. The molecule has 3 aromatic rings. The van der Waals surface area contributed by atoms with Crippen LogP contribution in [0.1, 0.15) is 11.1 Å². The summed E-state index contributed by atoms with van der Waals surface area (Å²) in [6.07, 6.45) is 0. The van der Waals surface area contributed by atoms with Gasteiger partial charge in [-0.05, 0) is 43.2 Å². The second-order valence-electron chi connectivity index (χ2n) is 4.74. The van der Waals surface area contributed by atoms with Gasteiger partial charge in [0.05, 0.1) is 0 Å². The molecule has 0 radical (unpaired) electrons. The molecule has 4 heteroatoms. The van der Waals surface area contributed by atoms with Crippen LogP contribution in [-0.4, -0.2) is 15.2 Å². The van der Waals surface area contributed by atoms with Crippen LogP contribution in [0.3, 0.4) is 0 Å². The second kappa shape index (κ2) is 4.81. The van der Waals surface area contributed by atoms with Crippen molar-refractivity contribution >= 4 is 0 Å². The number of phenols is 1. The zero-order valence-electron chi connectivity index (χ0n) is 11.3. The lowest BCUT2D eigenvalue weighted by Gasteiger charge is -2.00. The Morgan fingerprint density at radius 3 is 2.55 bits per heavy atom. The Labute approximate surface area is 116 Å². The number of aromatic hydroxyl groups is 1. The standard InChI is InChI=1S/C16H14N2O2/c1-10-5-3-4-6-13(10)15-17-16(20-18-15)12-7-8-14(19)11(2)9-12/h3-9,19H,1-2H3. The summed E-state index contributed by atoms with van der Waals surface area (Å²) in [5.41, 5.74) is 3.63. The number of hydrogen-bond donors (Lipinski definition) is 1. The molecule has 0 bridgehead atoms. The van der Waals surface area contributed by atoms with E-state index >= 15 is 0 Å². The van der Waals surface area contributed by atoms with Crippen LogP contribution in [0, 0.1) is 13.8 Å². The first kappa shape index (κ1) is 12.4. The highest BCUT2D eigenvalue weighted by molar-refractivity contribution is 5.63. The summed E-state index contributed by atoms with van der Waals surface area (Å²) < 4.78 is 5.31. The molecular weight excluding hydrogens is 252 g/mol. The summed E-state index contributed by atoms with van der Waals surface area (Å²) in [7, 11) is 0. The molecule has 0 atom stereocenters. The van der Waals surface area contributed by atoms with E-state index in [1.807, 2.05) is 44.2 Å². The minimum Gasteiger partial charge on any atom is -0.508 e. The number of hydrogen-bond acceptors (Lipinski definition) is 4. The highest BCUT2D eigenvalue weighted by atomic mass is 16.5. The van der Waals surface area contributed by atoms with Crippen molar-refractivity contribution in [3.63, 3.8) is 0 Å². The van der Waals surface area contributed by atoms with Crippen molar-refractivity contribution in [3.8, 4) is 28.6 Å². The number of phenolic OH excluding ortho intramolecular Hbond substituents is 1. The van der Waals surface area contributed by atoms with Crippen molar-refractivity contribution in [1.29, 1.82) is 0 Å². The lowest BCUT2D eigenvalue weighted by Crippen LogP contribution is -1.85. The molecule has 0 amide bonds. The predicted octanol–water partition coefficient (Wildman–Crippen LogP) is 3.73. The maximum atomic E-state index is 9.54. The molecule has 0 aliphatic rings. The van der Waals surface area contributed by atoms with E-state index in [9.17, 15) is 5.11 Å². The van der Waals surface area contributed by atoms with Gasteiger partial charge in [0.15, 0.2) is 0 Å². The Morgan fingerprint density at radius 1 is 1.00 bits per heavy atom. The van der Waals surface area contributed by atoms with Crippen molar-refractivity contribution in [2.45, 2.75) is 13.8 Å². The summed E-state index contributed by atoms with van der Waals surface area (Å²) in [6, 6.07) is 13.1. The van der Waals surface area contributed by atoms with Crippen LogP contribution < -0.4 is 0 Å². The maximum absolute atomic E-state index is 9.54. The molecule has 0 saturated carbocycles. The third-order valence-corrected chi connectivity index (χ3v) is 3.26. The van der Waals surface area contributed by atoms with Crippen LogP contribution in [0.4, 0.5) is 0 Å². The Hall–Kier alpha value is -2.62. The molecule has 20 heavy (non-hydrogen) atoms. The first-order valence-electron chi connectivity index (χ1n) is 6.35. The van der Waals surface area contributed by atoms with Crippen LogP contribution in [0.5, 0.6) is 5.75 Å². The number of benzene rings is 2. The van der Waals surface area contributed by atoms with Crippen molar-refractivity contribution < 1.29 is 9.63 Å². The van der Waals surface area contributed by atoms with E-state index in [2.05, 4.69) is 10.1 Å². The largest absolute Gasteiger partial charge is 0.508 e. The number of nitrogens with zero attached hydrogens (tertiary/aromatic N) is 2. The van der Waals surface area contributed by atoms with Crippen LogP contribution in [-0.2, 0) is 0 Å². The van der Waals surface area contributed by atoms with Crippen molar-refractivity contribution in [2.24, 2.45) is 0 Å². The van der Waals surface area contributed by atoms with Crippen molar-refractivity contribution in [3.05, 3.63) is 53.6 Å². The summed E-state index contributed by atoms with van der Waals surface area (Å²) in [4.78, 5) is 4.42. The van der Waals surface area contributed by atoms with Gasteiger partial charge in [0, 0.05) is 11.1 Å². The van der Waals surface area contributed by atoms with Crippen LogP contribution in [0.25, 0.3) is 22.8 Å². The van der Waals surface area contributed by atoms with Gasteiger partial charge in [-0.2, -0.15) is 4.98 Å². The highest BCUT2D eigenvalue weighted by Crippen LogP contribution is 2.27. The summed E-state index contributed by atoms with van der Waals surface area (Å²) >= 11 is 0. The number of rotatable bonds is 2. The van der Waals surface area contributed by atoms with E-state index in [0.717, 1.165) is 22.3 Å². The van der Waals surface area contributed by atoms with Crippen molar-refractivity contribution in [1.82, 2.24) is 10.1 Å². The topological polar surface area (TPSA) is 59.2 Å². The van der Waals surface area contributed by atoms with Gasteiger partial charge in [0.1, 0.15) is 5.75 Å². The lowest BCUT2D eigenvalue weighted by atomic mass is 10.1. The van der Waals surface area contributed by atoms with E-state index in [4.69, 9.17) is 4.52 Å². The number of aromatic nitrogens is 2. The molecule has 0 saturated heterocycles. The molecule has 0 aliphatic carbocycles. The summed E-state index contributed by atoms with van der Waals surface area (Å²) in [5.74, 6) is 1.28. The summed E-state index contributed by atoms with van der Waals surface area (Å²) in [5, 5.41) is 13.6. The predicted molar refractivity (Wildman–Crippen MR) is 76.3 cm³/mol. The Bertz CT molecular complexity index is 763. The highest BCUT2D eigenvalue weighted by Gasteiger charge is 2.12. The first-order chi connectivity index (χ1) is 9.65. The van der Waals surface area contributed by atoms with E-state index in [-0.39, 0.29) is 5.75 Å². The molecule has 100 valence electrons. The van der Waals surface area contributed by atoms with Gasteiger partial charge in [0.2, 0.25) is 5.82 Å². The molecule has 2 aromatic carbocycles. The van der Waals surface area contributed by atoms with Gasteiger partial charge in [0.25, 0.3) is 5.89 Å². The second-order valence-corrected chi connectivity index (χ2v) is 4.74. The molecule has 1 N–H and O–H groups in total. The van der Waals surface area contributed by atoms with Crippen LogP contribution in [0.15, 0.2) is 47.0 Å². The van der Waals surface area contributed by atoms with Gasteiger partial charge < -0.3 is 9.63 Å². The van der Waals surface area contributed by atoms with E-state index in [1.54, 1.807) is 12.1 Å². The average molecular weight is 266 g/mol. The fourth-order valence-electron chi connectivity index (χ4n) is 2.06. The normalized spacial score (nSPS) is 10.7. The average Bonchev–Trinajstić information content (AvgIpc) is 2.92. The van der Waals surface area contributed by atoms with Crippen molar-refractivity contribution in [2.75, 3.05) is 0 Å². The van der Waals surface area contributed by atoms with Gasteiger partial charge in [-0.15, -0.1) is 0 Å². The molecular formula is C16H14N2O2. The third-order valence-electron chi connectivity index (χ3n) is 3.26. The smallest absolute Gasteiger partial charge is 0.258 e. The fraction of sp³-hybridized carbons (Fsp3) is 0.125. The third kappa shape index (κ3) is 2.16. The Morgan fingerprint density at radius 2 is 1.80 bits per heavy atom. The molecule has 3 rings (SSSR count). The number of aryl methyl sites for hydroxylation is 2. The van der Waals surface area contributed by atoms with Gasteiger partial charge in [-0.3, -0.25) is 0 Å². The molecule has 0 fully saturated rings. The Balaban J connectivity index is 2.02. The van der Waals surface area contributed by atoms with Crippen LogP contribution in [0.2, 0.25) is 0 Å². The zero-order chi connectivity index (χ0) is 14.1. The SMILES string of the molecule is Cc1cc(-c2nc(-c3ccccc3C)no2)ccc1O. The molecule has 4 nitrogen and oxygen atoms in total. The molecule has 0 aliphatic heterocycles. The van der Waals surface area contributed by atoms with E-state index in [1.165, 1.54) is 0 Å². The minimum absolute atomic E-state index is 0.257. The quantitative estimate of drug-likeness (QED) is 0.767. The minimum atomic E-state index is 0.257. The Kier molecular flexibility index (Phi) is 2.99. The zero-order valence-corrected chi connectivity index (χ0v) is 11.3. The molecule has 0 spiro atoms. The maximum Gasteiger partial charge on any atom is 0.258 e. The molecule has 1 aromatic heterocycles. The monoisotopic (exact) mass is 266 g/mol. The van der Waals surface area contributed by atoms with Crippen LogP contribution >= 0.6 is 0 Å². The first-order valence-corrected chi connectivity index (χ1v) is 6.35. The van der Waals surface area contributed by atoms with Gasteiger partial charge in [-0.1, -0.05) is 29.4 Å². The van der Waals surface area contributed by atoms with Gasteiger partial charge in [-0.25, -0.2) is 0 Å². The summed E-state index contributed by atoms with van der Waals surface area (Å²) in [6.45, 7) is 3.84.